The van der Waals surface area contributed by atoms with Crippen molar-refractivity contribution < 1.29 is 9.47 Å². The van der Waals surface area contributed by atoms with E-state index in [0.29, 0.717) is 19.8 Å². The predicted molar refractivity (Wildman–Crippen MR) is 77.5 cm³/mol. The molecule has 1 aromatic rings. The molecule has 1 heterocycles. The summed E-state index contributed by atoms with van der Waals surface area (Å²) < 4.78 is 10.4. The SMILES string of the molecule is COCCOCCc1nc2c(s1)C(N)CC(C)(C)C2. The number of nitrogens with two attached hydrogens (primary N) is 1. The summed E-state index contributed by atoms with van der Waals surface area (Å²) in [7, 11) is 1.68. The second-order valence-corrected chi connectivity index (χ2v) is 7.04. The van der Waals surface area contributed by atoms with Crippen LogP contribution in [0.15, 0.2) is 0 Å². The number of methoxy groups -OCH3 is 1. The average Bonchev–Trinajstić information content (AvgIpc) is 2.70. The van der Waals surface area contributed by atoms with Gasteiger partial charge >= 0.3 is 0 Å². The number of rotatable bonds is 6. The highest BCUT2D eigenvalue weighted by atomic mass is 32.1. The van der Waals surface area contributed by atoms with Crippen molar-refractivity contribution in [1.82, 2.24) is 4.98 Å². The van der Waals surface area contributed by atoms with Gasteiger partial charge in [0.1, 0.15) is 0 Å². The van der Waals surface area contributed by atoms with E-state index in [-0.39, 0.29) is 11.5 Å². The largest absolute Gasteiger partial charge is 0.382 e. The number of hydrogen-bond donors (Lipinski definition) is 1. The number of hydrogen-bond acceptors (Lipinski definition) is 5. The van der Waals surface area contributed by atoms with E-state index in [9.17, 15) is 0 Å². The molecular weight excluding hydrogens is 260 g/mol. The number of nitrogens with zero attached hydrogens (tertiary/aromatic N) is 1. The van der Waals surface area contributed by atoms with Crippen LogP contribution >= 0.6 is 11.3 Å². The van der Waals surface area contributed by atoms with E-state index in [4.69, 9.17) is 20.2 Å². The van der Waals surface area contributed by atoms with E-state index in [1.54, 1.807) is 18.4 Å². The monoisotopic (exact) mass is 284 g/mol. The Labute approximate surface area is 119 Å². The van der Waals surface area contributed by atoms with Crippen molar-refractivity contribution >= 4 is 11.3 Å². The molecule has 0 spiro atoms. The Morgan fingerprint density at radius 2 is 2.16 bits per heavy atom. The quantitative estimate of drug-likeness (QED) is 0.815. The lowest BCUT2D eigenvalue weighted by Gasteiger charge is -2.32. The summed E-state index contributed by atoms with van der Waals surface area (Å²) in [5.41, 5.74) is 7.73. The third-order valence-corrected chi connectivity index (χ3v) is 4.71. The molecule has 0 saturated carbocycles. The zero-order valence-corrected chi connectivity index (χ0v) is 12.9. The number of thiazole rings is 1. The first-order valence-electron chi connectivity index (χ1n) is 6.82. The Morgan fingerprint density at radius 3 is 2.89 bits per heavy atom. The van der Waals surface area contributed by atoms with Crippen LogP contribution in [-0.4, -0.2) is 31.9 Å². The van der Waals surface area contributed by atoms with Gasteiger partial charge in [-0.05, 0) is 18.3 Å². The highest BCUT2D eigenvalue weighted by Gasteiger charge is 2.32. The maximum atomic E-state index is 6.25. The van der Waals surface area contributed by atoms with Crippen LogP contribution in [0.3, 0.4) is 0 Å². The first-order chi connectivity index (χ1) is 9.02. The third kappa shape index (κ3) is 3.99. The molecule has 0 amide bonds. The lowest BCUT2D eigenvalue weighted by molar-refractivity contribution is 0.0722. The van der Waals surface area contributed by atoms with Crippen LogP contribution in [0.4, 0.5) is 0 Å². The second-order valence-electron chi connectivity index (χ2n) is 5.93. The zero-order valence-electron chi connectivity index (χ0n) is 12.1. The highest BCUT2D eigenvalue weighted by molar-refractivity contribution is 7.11. The maximum Gasteiger partial charge on any atom is 0.0954 e. The van der Waals surface area contributed by atoms with Crippen molar-refractivity contribution in [3.8, 4) is 0 Å². The molecule has 1 aromatic heterocycles. The van der Waals surface area contributed by atoms with Crippen LogP contribution in [-0.2, 0) is 22.3 Å². The summed E-state index contributed by atoms with van der Waals surface area (Å²) in [6, 6.07) is 0.152. The van der Waals surface area contributed by atoms with Crippen molar-refractivity contribution in [1.29, 1.82) is 0 Å². The van der Waals surface area contributed by atoms with Gasteiger partial charge in [-0.15, -0.1) is 11.3 Å². The molecule has 0 fully saturated rings. The minimum absolute atomic E-state index is 0.152. The Kier molecular flexibility index (Phi) is 4.95. The van der Waals surface area contributed by atoms with Gasteiger partial charge in [-0.3, -0.25) is 0 Å². The standard InChI is InChI=1S/C14H24N2O2S/c1-14(2)8-10(15)13-11(9-14)16-12(19-13)4-5-18-7-6-17-3/h10H,4-9,15H2,1-3H3. The van der Waals surface area contributed by atoms with Gasteiger partial charge in [0, 0.05) is 24.4 Å². The van der Waals surface area contributed by atoms with Crippen LogP contribution in [0.2, 0.25) is 0 Å². The molecule has 108 valence electrons. The van der Waals surface area contributed by atoms with Crippen molar-refractivity contribution in [3.63, 3.8) is 0 Å². The molecule has 1 aliphatic carbocycles. The first kappa shape index (κ1) is 14.9. The average molecular weight is 284 g/mol. The maximum absolute atomic E-state index is 6.25. The van der Waals surface area contributed by atoms with Gasteiger partial charge in [-0.1, -0.05) is 13.8 Å². The molecule has 0 radical (unpaired) electrons. The van der Waals surface area contributed by atoms with Gasteiger partial charge < -0.3 is 15.2 Å². The van der Waals surface area contributed by atoms with Crippen molar-refractivity contribution in [2.24, 2.45) is 11.1 Å². The fourth-order valence-corrected chi connectivity index (χ4v) is 3.62. The highest BCUT2D eigenvalue weighted by Crippen LogP contribution is 2.41. The number of aromatic nitrogens is 1. The summed E-state index contributed by atoms with van der Waals surface area (Å²) in [5.74, 6) is 0. The minimum atomic E-state index is 0.152. The van der Waals surface area contributed by atoms with Gasteiger partial charge in [0.25, 0.3) is 0 Å². The van der Waals surface area contributed by atoms with E-state index < -0.39 is 0 Å². The fraction of sp³-hybridized carbons (Fsp3) is 0.786. The Hall–Kier alpha value is -0.490. The van der Waals surface area contributed by atoms with Crippen LogP contribution in [0.25, 0.3) is 0 Å². The molecule has 1 atom stereocenters. The van der Waals surface area contributed by atoms with Crippen LogP contribution in [0, 0.1) is 5.41 Å². The summed E-state index contributed by atoms with van der Waals surface area (Å²) in [6.07, 6.45) is 2.96. The van der Waals surface area contributed by atoms with Crippen molar-refractivity contribution in [2.45, 2.75) is 39.2 Å². The number of fused-ring (bicyclic) bond motifs is 1. The zero-order chi connectivity index (χ0) is 13.9. The summed E-state index contributed by atoms with van der Waals surface area (Å²) in [4.78, 5) is 6.03. The molecule has 5 heteroatoms. The van der Waals surface area contributed by atoms with Crippen molar-refractivity contribution in [3.05, 3.63) is 15.6 Å². The number of ether oxygens (including phenoxy) is 2. The van der Waals surface area contributed by atoms with E-state index in [1.165, 1.54) is 10.6 Å². The van der Waals surface area contributed by atoms with Crippen LogP contribution < -0.4 is 5.73 Å². The molecule has 2 N–H and O–H groups in total. The van der Waals surface area contributed by atoms with Crippen LogP contribution in [0.5, 0.6) is 0 Å². The Bertz CT molecular complexity index is 418. The summed E-state index contributed by atoms with van der Waals surface area (Å²) in [6.45, 7) is 6.53. The van der Waals surface area contributed by atoms with Gasteiger partial charge in [-0.2, -0.15) is 0 Å². The lowest BCUT2D eigenvalue weighted by atomic mass is 9.77. The Morgan fingerprint density at radius 1 is 1.37 bits per heavy atom. The second kappa shape index (κ2) is 6.31. The topological polar surface area (TPSA) is 57.4 Å². The normalized spacial score (nSPS) is 21.4. The molecule has 4 nitrogen and oxygen atoms in total. The van der Waals surface area contributed by atoms with E-state index >= 15 is 0 Å². The van der Waals surface area contributed by atoms with Crippen LogP contribution in [0.1, 0.15) is 41.9 Å². The molecule has 1 unspecified atom stereocenters. The van der Waals surface area contributed by atoms with Gasteiger partial charge in [0.2, 0.25) is 0 Å². The molecule has 19 heavy (non-hydrogen) atoms. The van der Waals surface area contributed by atoms with Gasteiger partial charge in [0.05, 0.1) is 30.5 Å². The summed E-state index contributed by atoms with van der Waals surface area (Å²) >= 11 is 1.76. The smallest absolute Gasteiger partial charge is 0.0954 e. The first-order valence-corrected chi connectivity index (χ1v) is 7.64. The molecular formula is C14H24N2O2S. The predicted octanol–water partition coefficient (Wildman–Crippen LogP) is 2.32. The molecule has 0 aromatic carbocycles. The third-order valence-electron chi connectivity index (χ3n) is 3.42. The molecule has 0 bridgehead atoms. The fourth-order valence-electron chi connectivity index (χ4n) is 2.55. The Balaban J connectivity index is 1.91. The van der Waals surface area contributed by atoms with Gasteiger partial charge in [0.15, 0.2) is 0 Å². The molecule has 0 aliphatic heterocycles. The van der Waals surface area contributed by atoms with E-state index in [2.05, 4.69) is 13.8 Å². The molecule has 1 aliphatic rings. The van der Waals surface area contributed by atoms with E-state index in [1.807, 2.05) is 0 Å². The molecule has 2 rings (SSSR count). The van der Waals surface area contributed by atoms with Crippen molar-refractivity contribution in [2.75, 3.05) is 26.9 Å². The molecule has 0 saturated heterocycles. The minimum Gasteiger partial charge on any atom is -0.382 e. The lowest BCUT2D eigenvalue weighted by Crippen LogP contribution is -2.28. The van der Waals surface area contributed by atoms with E-state index in [0.717, 1.165) is 24.3 Å². The van der Waals surface area contributed by atoms with Gasteiger partial charge in [-0.25, -0.2) is 4.98 Å². The summed E-state index contributed by atoms with van der Waals surface area (Å²) in [5, 5.41) is 1.15.